The van der Waals surface area contributed by atoms with Gasteiger partial charge in [-0.3, -0.25) is 4.98 Å². The molecule has 0 radical (unpaired) electrons. The highest BCUT2D eigenvalue weighted by Gasteiger charge is 2.12. The molecular formula is C19H12N2O3. The van der Waals surface area contributed by atoms with Crippen molar-refractivity contribution < 1.29 is 13.9 Å². The third kappa shape index (κ3) is 2.75. The zero-order chi connectivity index (χ0) is 16.4. The maximum Gasteiger partial charge on any atom is 0.343 e. The van der Waals surface area contributed by atoms with E-state index in [1.807, 2.05) is 24.3 Å². The lowest BCUT2D eigenvalue weighted by Crippen LogP contribution is -2.07. The number of esters is 1. The largest absolute Gasteiger partial charge is 0.435 e. The molecule has 24 heavy (non-hydrogen) atoms. The molecule has 4 rings (SSSR count). The van der Waals surface area contributed by atoms with Crippen LogP contribution >= 0.6 is 0 Å². The van der Waals surface area contributed by atoms with Crippen LogP contribution < -0.4 is 4.74 Å². The number of ether oxygens (including phenoxy) is 1. The van der Waals surface area contributed by atoms with Gasteiger partial charge in [-0.1, -0.05) is 24.3 Å². The Hall–Kier alpha value is -3.47. The van der Waals surface area contributed by atoms with Gasteiger partial charge in [-0.05, 0) is 36.4 Å². The predicted molar refractivity (Wildman–Crippen MR) is 88.6 cm³/mol. The van der Waals surface area contributed by atoms with Crippen LogP contribution in [0.4, 0.5) is 0 Å². The standard InChI is InChI=1S/C19H12N2O3/c22-19(13-6-2-1-3-7-13)23-14-9-10-15-17(12-14)24-18(21-15)16-8-4-5-11-20-16/h1-12H. The van der Waals surface area contributed by atoms with Gasteiger partial charge in [-0.25, -0.2) is 9.78 Å². The summed E-state index contributed by atoms with van der Waals surface area (Å²) in [6.45, 7) is 0. The molecule has 0 aliphatic carbocycles. The zero-order valence-corrected chi connectivity index (χ0v) is 12.5. The molecule has 2 aromatic heterocycles. The molecule has 0 spiro atoms. The van der Waals surface area contributed by atoms with Crippen molar-refractivity contribution in [3.05, 3.63) is 78.5 Å². The number of hydrogen-bond donors (Lipinski definition) is 0. The molecule has 116 valence electrons. The number of carbonyl (C=O) groups is 1. The second-order valence-corrected chi connectivity index (χ2v) is 5.12. The van der Waals surface area contributed by atoms with Crippen molar-refractivity contribution in [2.45, 2.75) is 0 Å². The van der Waals surface area contributed by atoms with E-state index < -0.39 is 5.97 Å². The molecule has 0 bridgehead atoms. The van der Waals surface area contributed by atoms with Gasteiger partial charge in [-0.15, -0.1) is 0 Å². The van der Waals surface area contributed by atoms with Crippen LogP contribution in [0, 0.1) is 0 Å². The number of hydrogen-bond acceptors (Lipinski definition) is 5. The molecular weight excluding hydrogens is 304 g/mol. The van der Waals surface area contributed by atoms with E-state index >= 15 is 0 Å². The summed E-state index contributed by atoms with van der Waals surface area (Å²) in [7, 11) is 0. The minimum absolute atomic E-state index is 0.403. The first kappa shape index (κ1) is 14.1. The van der Waals surface area contributed by atoms with Gasteiger partial charge in [0.25, 0.3) is 0 Å². The first-order valence-electron chi connectivity index (χ1n) is 7.39. The van der Waals surface area contributed by atoms with Crippen LogP contribution in [0.15, 0.2) is 77.3 Å². The first-order valence-corrected chi connectivity index (χ1v) is 7.39. The van der Waals surface area contributed by atoms with E-state index in [0.717, 1.165) is 0 Å². The fraction of sp³-hybridized carbons (Fsp3) is 0. The number of nitrogens with zero attached hydrogens (tertiary/aromatic N) is 2. The van der Waals surface area contributed by atoms with E-state index in [-0.39, 0.29) is 0 Å². The molecule has 0 fully saturated rings. The van der Waals surface area contributed by atoms with Crippen molar-refractivity contribution in [1.29, 1.82) is 0 Å². The normalized spacial score (nSPS) is 10.7. The highest BCUT2D eigenvalue weighted by molar-refractivity contribution is 5.91. The van der Waals surface area contributed by atoms with Crippen LogP contribution in [0.25, 0.3) is 22.7 Å². The summed E-state index contributed by atoms with van der Waals surface area (Å²) >= 11 is 0. The number of oxazole rings is 1. The third-order valence-corrected chi connectivity index (χ3v) is 3.46. The molecule has 0 N–H and O–H groups in total. The van der Waals surface area contributed by atoms with Gasteiger partial charge < -0.3 is 9.15 Å². The second-order valence-electron chi connectivity index (χ2n) is 5.12. The van der Waals surface area contributed by atoms with Gasteiger partial charge in [0.15, 0.2) is 5.58 Å². The van der Waals surface area contributed by atoms with Gasteiger partial charge in [-0.2, -0.15) is 0 Å². The summed E-state index contributed by atoms with van der Waals surface area (Å²) in [5, 5.41) is 0. The Balaban J connectivity index is 1.63. The van der Waals surface area contributed by atoms with Gasteiger partial charge in [0.1, 0.15) is 17.0 Å². The zero-order valence-electron chi connectivity index (χ0n) is 12.5. The summed E-state index contributed by atoms with van der Waals surface area (Å²) in [5.41, 5.74) is 2.35. The quantitative estimate of drug-likeness (QED) is 0.420. The summed E-state index contributed by atoms with van der Waals surface area (Å²) in [4.78, 5) is 20.7. The topological polar surface area (TPSA) is 65.2 Å². The Morgan fingerprint density at radius 2 is 1.79 bits per heavy atom. The molecule has 0 unspecified atom stereocenters. The number of benzene rings is 2. The number of carbonyl (C=O) groups excluding carboxylic acids is 1. The highest BCUT2D eigenvalue weighted by Crippen LogP contribution is 2.26. The van der Waals surface area contributed by atoms with Crippen molar-refractivity contribution in [3.63, 3.8) is 0 Å². The Kier molecular flexibility index (Phi) is 3.51. The predicted octanol–water partition coefficient (Wildman–Crippen LogP) is 4.11. The lowest BCUT2D eigenvalue weighted by Gasteiger charge is -2.03. The fourth-order valence-corrected chi connectivity index (χ4v) is 2.31. The molecule has 0 atom stereocenters. The maximum atomic E-state index is 12.1. The summed E-state index contributed by atoms with van der Waals surface area (Å²) in [5.74, 6) is 0.414. The fourth-order valence-electron chi connectivity index (χ4n) is 2.31. The van der Waals surface area contributed by atoms with E-state index in [1.165, 1.54) is 0 Å². The maximum absolute atomic E-state index is 12.1. The van der Waals surface area contributed by atoms with E-state index in [9.17, 15) is 4.79 Å². The Morgan fingerprint density at radius 3 is 2.58 bits per heavy atom. The van der Waals surface area contributed by atoms with Crippen LogP contribution in [-0.2, 0) is 0 Å². The van der Waals surface area contributed by atoms with Crippen molar-refractivity contribution in [3.8, 4) is 17.3 Å². The van der Waals surface area contributed by atoms with Gasteiger partial charge in [0.2, 0.25) is 5.89 Å². The Labute approximate surface area is 137 Å². The van der Waals surface area contributed by atoms with Crippen LogP contribution in [-0.4, -0.2) is 15.9 Å². The molecule has 5 nitrogen and oxygen atoms in total. The van der Waals surface area contributed by atoms with Crippen molar-refractivity contribution in [2.24, 2.45) is 0 Å². The van der Waals surface area contributed by atoms with Crippen molar-refractivity contribution in [1.82, 2.24) is 9.97 Å². The molecule has 0 aliphatic heterocycles. The average molecular weight is 316 g/mol. The number of aromatic nitrogens is 2. The minimum Gasteiger partial charge on any atom is -0.435 e. The van der Waals surface area contributed by atoms with Gasteiger partial charge >= 0.3 is 5.97 Å². The van der Waals surface area contributed by atoms with Crippen LogP contribution in [0.5, 0.6) is 5.75 Å². The lowest BCUT2D eigenvalue weighted by molar-refractivity contribution is 0.0735. The van der Waals surface area contributed by atoms with E-state index in [4.69, 9.17) is 9.15 Å². The average Bonchev–Trinajstić information content (AvgIpc) is 3.06. The Morgan fingerprint density at radius 1 is 0.958 bits per heavy atom. The van der Waals surface area contributed by atoms with Crippen LogP contribution in [0.3, 0.4) is 0 Å². The summed E-state index contributed by atoms with van der Waals surface area (Å²) in [6.07, 6.45) is 1.68. The molecule has 2 heterocycles. The van der Waals surface area contributed by atoms with Crippen LogP contribution in [0.1, 0.15) is 10.4 Å². The van der Waals surface area contributed by atoms with Gasteiger partial charge in [0, 0.05) is 12.3 Å². The second kappa shape index (κ2) is 5.96. The summed E-state index contributed by atoms with van der Waals surface area (Å²) < 4.78 is 11.1. The van der Waals surface area contributed by atoms with E-state index in [2.05, 4.69) is 9.97 Å². The highest BCUT2D eigenvalue weighted by atomic mass is 16.5. The minimum atomic E-state index is -0.417. The van der Waals surface area contributed by atoms with E-state index in [1.54, 1.807) is 48.7 Å². The number of pyridine rings is 1. The molecule has 0 saturated carbocycles. The lowest BCUT2D eigenvalue weighted by atomic mass is 10.2. The first-order chi connectivity index (χ1) is 11.8. The Bertz CT molecular complexity index is 995. The summed E-state index contributed by atoms with van der Waals surface area (Å²) in [6, 6.07) is 19.4. The van der Waals surface area contributed by atoms with Crippen LogP contribution in [0.2, 0.25) is 0 Å². The molecule has 2 aromatic carbocycles. The number of rotatable bonds is 3. The van der Waals surface area contributed by atoms with E-state index in [0.29, 0.717) is 34.0 Å². The van der Waals surface area contributed by atoms with Crippen molar-refractivity contribution in [2.75, 3.05) is 0 Å². The van der Waals surface area contributed by atoms with Crippen molar-refractivity contribution >= 4 is 17.1 Å². The molecule has 0 amide bonds. The van der Waals surface area contributed by atoms with Gasteiger partial charge in [0.05, 0.1) is 5.56 Å². The molecule has 5 heteroatoms. The molecule has 4 aromatic rings. The molecule has 0 aliphatic rings. The smallest absolute Gasteiger partial charge is 0.343 e. The SMILES string of the molecule is O=C(Oc1ccc2nc(-c3ccccn3)oc2c1)c1ccccc1. The number of fused-ring (bicyclic) bond motifs is 1. The molecule has 0 saturated heterocycles. The third-order valence-electron chi connectivity index (χ3n) is 3.46. The monoisotopic (exact) mass is 316 g/mol.